The van der Waals surface area contributed by atoms with Gasteiger partial charge in [0, 0.05) is 13.0 Å². The molecule has 7 heteroatoms. The van der Waals surface area contributed by atoms with Crippen LogP contribution >= 0.6 is 0 Å². The molecule has 7 nitrogen and oxygen atoms in total. The van der Waals surface area contributed by atoms with E-state index in [4.69, 9.17) is 9.57 Å². The molecule has 122 valence electrons. The molecule has 0 saturated heterocycles. The average Bonchev–Trinajstić information content (AvgIpc) is 2.73. The molecule has 1 aliphatic heterocycles. The first kappa shape index (κ1) is 16.5. The molecule has 0 spiro atoms. The molecule has 1 heterocycles. The number of carbonyl (C=O) groups is 3. The fraction of sp³-hybridized carbons (Fsp3) is 0.312. The van der Waals surface area contributed by atoms with E-state index in [1.807, 2.05) is 35.8 Å². The Morgan fingerprint density at radius 1 is 1.30 bits per heavy atom. The summed E-state index contributed by atoms with van der Waals surface area (Å²) in [5.74, 6) is -0.0534. The Morgan fingerprint density at radius 2 is 2.04 bits per heavy atom. The van der Waals surface area contributed by atoms with Gasteiger partial charge >= 0.3 is 12.2 Å². The van der Waals surface area contributed by atoms with E-state index in [1.54, 1.807) is 13.0 Å². The van der Waals surface area contributed by atoms with Crippen LogP contribution in [0.1, 0.15) is 18.9 Å². The van der Waals surface area contributed by atoms with E-state index < -0.39 is 12.2 Å². The molecule has 1 aromatic carbocycles. The smallest absolute Gasteiger partial charge is 0.441 e. The predicted octanol–water partition coefficient (Wildman–Crippen LogP) is 2.18. The van der Waals surface area contributed by atoms with Crippen molar-refractivity contribution in [1.29, 1.82) is 0 Å². The average molecular weight is 318 g/mol. The van der Waals surface area contributed by atoms with Gasteiger partial charge in [-0.1, -0.05) is 36.4 Å². The second-order valence-corrected chi connectivity index (χ2v) is 5.04. The number of nitrogens with one attached hydrogen (secondary N) is 1. The summed E-state index contributed by atoms with van der Waals surface area (Å²) in [5, 5.41) is 0. The molecule has 23 heavy (non-hydrogen) atoms. The topological polar surface area (TPSA) is 84.9 Å². The second-order valence-electron chi connectivity index (χ2n) is 5.04. The van der Waals surface area contributed by atoms with Crippen molar-refractivity contribution in [3.63, 3.8) is 0 Å². The van der Waals surface area contributed by atoms with E-state index in [-0.39, 0.29) is 31.4 Å². The maximum atomic E-state index is 11.9. The summed E-state index contributed by atoms with van der Waals surface area (Å²) in [6.45, 7) is 2.05. The van der Waals surface area contributed by atoms with E-state index in [1.165, 1.54) is 11.0 Å². The summed E-state index contributed by atoms with van der Waals surface area (Å²) in [4.78, 5) is 40.8. The fourth-order valence-electron chi connectivity index (χ4n) is 2.02. The molecule has 2 amide bonds. The van der Waals surface area contributed by atoms with Crippen molar-refractivity contribution in [3.05, 3.63) is 48.0 Å². The first-order chi connectivity index (χ1) is 11.1. The quantitative estimate of drug-likeness (QED) is 0.845. The van der Waals surface area contributed by atoms with Crippen LogP contribution in [-0.2, 0) is 21.0 Å². The highest BCUT2D eigenvalue weighted by Gasteiger charge is 2.23. The molecule has 1 aromatic rings. The highest BCUT2D eigenvalue weighted by atomic mass is 16.7. The lowest BCUT2D eigenvalue weighted by molar-refractivity contribution is -0.114. The summed E-state index contributed by atoms with van der Waals surface area (Å²) in [6.07, 6.45) is 1.67. The minimum atomic E-state index is -0.865. The summed E-state index contributed by atoms with van der Waals surface area (Å²) in [6, 6.07) is 8.82. The van der Waals surface area contributed by atoms with Crippen LogP contribution in [-0.4, -0.2) is 35.5 Å². The Balaban J connectivity index is 1.76. The number of ketones is 1. The van der Waals surface area contributed by atoms with Crippen LogP contribution in [0.5, 0.6) is 0 Å². The number of hydrogen-bond acceptors (Lipinski definition) is 5. The van der Waals surface area contributed by atoms with Crippen LogP contribution in [0, 0.1) is 0 Å². The van der Waals surface area contributed by atoms with Crippen LogP contribution < -0.4 is 5.48 Å². The second kappa shape index (κ2) is 7.98. The van der Waals surface area contributed by atoms with Crippen LogP contribution in [0.3, 0.4) is 0 Å². The summed E-state index contributed by atoms with van der Waals surface area (Å²) >= 11 is 0. The van der Waals surface area contributed by atoms with Gasteiger partial charge in [-0.2, -0.15) is 0 Å². The molecule has 1 N–H and O–H groups in total. The van der Waals surface area contributed by atoms with Gasteiger partial charge in [-0.25, -0.2) is 9.59 Å². The monoisotopic (exact) mass is 318 g/mol. The molecule has 0 radical (unpaired) electrons. The largest absolute Gasteiger partial charge is 0.443 e. The Bertz CT molecular complexity index is 600. The highest BCUT2D eigenvalue weighted by molar-refractivity contribution is 5.90. The number of amides is 2. The van der Waals surface area contributed by atoms with Crippen molar-refractivity contribution >= 4 is 18.0 Å². The van der Waals surface area contributed by atoms with Crippen molar-refractivity contribution in [1.82, 2.24) is 10.4 Å². The van der Waals surface area contributed by atoms with Crippen LogP contribution in [0.15, 0.2) is 42.5 Å². The lowest BCUT2D eigenvalue weighted by Crippen LogP contribution is -2.42. The van der Waals surface area contributed by atoms with Crippen molar-refractivity contribution < 1.29 is 24.0 Å². The van der Waals surface area contributed by atoms with Crippen LogP contribution in [0.4, 0.5) is 9.59 Å². The van der Waals surface area contributed by atoms with Gasteiger partial charge in [0.2, 0.25) is 0 Å². The number of hydrogen-bond donors (Lipinski definition) is 1. The van der Waals surface area contributed by atoms with Gasteiger partial charge in [0.15, 0.2) is 5.78 Å². The van der Waals surface area contributed by atoms with E-state index in [0.717, 1.165) is 5.56 Å². The maximum absolute atomic E-state index is 11.9. The third-order valence-electron chi connectivity index (χ3n) is 3.32. The molecular weight excluding hydrogens is 300 g/mol. The molecule has 2 rings (SSSR count). The number of allylic oxidation sites excluding steroid dienone is 1. The molecule has 1 aliphatic rings. The standard InChI is InChI=1S/C16H18N2O5/c1-12-7-8-14(19)9-10-18(12)16(21)23-17-15(20)22-11-13-5-3-2-4-6-13/h2-8,12H,9-11H2,1H3,(H,17,20). The minimum Gasteiger partial charge on any atom is -0.443 e. The number of ether oxygens (including phenoxy) is 1. The van der Waals surface area contributed by atoms with E-state index in [2.05, 4.69) is 0 Å². The lowest BCUT2D eigenvalue weighted by Gasteiger charge is -2.24. The predicted molar refractivity (Wildman–Crippen MR) is 81.2 cm³/mol. The summed E-state index contributed by atoms with van der Waals surface area (Å²) < 4.78 is 4.92. The third-order valence-corrected chi connectivity index (χ3v) is 3.32. The summed E-state index contributed by atoms with van der Waals surface area (Å²) in [7, 11) is 0. The third kappa shape index (κ3) is 5.14. The van der Waals surface area contributed by atoms with Crippen LogP contribution in [0.2, 0.25) is 0 Å². The lowest BCUT2D eigenvalue weighted by atomic mass is 10.2. The number of rotatable bonds is 2. The zero-order valence-corrected chi connectivity index (χ0v) is 12.7. The SMILES string of the molecule is CC1C=CC(=O)CCN1C(=O)ONC(=O)OCc1ccccc1. The zero-order chi connectivity index (χ0) is 16.7. The molecular formula is C16H18N2O5. The van der Waals surface area contributed by atoms with Gasteiger partial charge < -0.3 is 9.57 Å². The molecule has 1 atom stereocenters. The zero-order valence-electron chi connectivity index (χ0n) is 12.7. The molecule has 0 fully saturated rings. The Hall–Kier alpha value is -2.83. The van der Waals surface area contributed by atoms with E-state index in [0.29, 0.717) is 0 Å². The Kier molecular flexibility index (Phi) is 5.74. The van der Waals surface area contributed by atoms with Gasteiger partial charge in [0.25, 0.3) is 0 Å². The number of nitrogens with zero attached hydrogens (tertiary/aromatic N) is 1. The first-order valence-electron chi connectivity index (χ1n) is 7.21. The van der Waals surface area contributed by atoms with E-state index >= 15 is 0 Å². The van der Waals surface area contributed by atoms with Gasteiger partial charge in [-0.05, 0) is 18.6 Å². The van der Waals surface area contributed by atoms with Gasteiger partial charge in [-0.3, -0.25) is 9.69 Å². The normalized spacial score (nSPS) is 17.3. The van der Waals surface area contributed by atoms with Crippen molar-refractivity contribution in [2.24, 2.45) is 0 Å². The van der Waals surface area contributed by atoms with Gasteiger partial charge in [-0.15, -0.1) is 5.48 Å². The molecule has 0 bridgehead atoms. The summed E-state index contributed by atoms with van der Waals surface area (Å²) in [5.41, 5.74) is 2.76. The maximum Gasteiger partial charge on any atom is 0.441 e. The molecule has 0 aromatic heterocycles. The van der Waals surface area contributed by atoms with Crippen LogP contribution in [0.25, 0.3) is 0 Å². The molecule has 0 saturated carbocycles. The van der Waals surface area contributed by atoms with Crippen molar-refractivity contribution in [2.45, 2.75) is 26.0 Å². The Labute approximate surface area is 133 Å². The highest BCUT2D eigenvalue weighted by Crippen LogP contribution is 2.09. The number of carbonyl (C=O) groups excluding carboxylic acids is 3. The minimum absolute atomic E-state index is 0.0534. The van der Waals surface area contributed by atoms with Gasteiger partial charge in [0.1, 0.15) is 6.61 Å². The molecule has 1 unspecified atom stereocenters. The fourth-order valence-corrected chi connectivity index (χ4v) is 2.02. The Morgan fingerprint density at radius 3 is 2.78 bits per heavy atom. The first-order valence-corrected chi connectivity index (χ1v) is 7.21. The van der Waals surface area contributed by atoms with E-state index in [9.17, 15) is 14.4 Å². The molecule has 0 aliphatic carbocycles. The van der Waals surface area contributed by atoms with Crippen molar-refractivity contribution in [3.8, 4) is 0 Å². The van der Waals surface area contributed by atoms with Gasteiger partial charge in [0.05, 0.1) is 6.04 Å². The van der Waals surface area contributed by atoms with Crippen molar-refractivity contribution in [2.75, 3.05) is 6.54 Å². The number of hydroxylamine groups is 1. The number of benzene rings is 1.